The number of Topliss-reactive ketones (excluding diaryl/α,β-unsaturated/α-hetero) is 1. The minimum absolute atomic E-state index is 0.0763. The van der Waals surface area contributed by atoms with Crippen LogP contribution in [-0.2, 0) is 19.6 Å². The molecule has 3 aromatic rings. The van der Waals surface area contributed by atoms with Gasteiger partial charge in [-0.25, -0.2) is 8.42 Å². The topological polar surface area (TPSA) is 106 Å². The lowest BCUT2D eigenvalue weighted by atomic mass is 9.87. The maximum atomic E-state index is 13.0. The molecule has 2 heterocycles. The van der Waals surface area contributed by atoms with E-state index >= 15 is 0 Å². The van der Waals surface area contributed by atoms with Crippen LogP contribution < -0.4 is 9.62 Å². The molecule has 1 amide bonds. The first-order valence-electron chi connectivity index (χ1n) is 12.8. The lowest BCUT2D eigenvalue weighted by molar-refractivity contribution is -0.127. The van der Waals surface area contributed by atoms with Gasteiger partial charge in [-0.05, 0) is 26.3 Å². The summed E-state index contributed by atoms with van der Waals surface area (Å²) in [5.41, 5.74) is 3.20. The van der Waals surface area contributed by atoms with E-state index in [4.69, 9.17) is 9.15 Å². The number of hydrogen-bond donors (Lipinski definition) is 1. The summed E-state index contributed by atoms with van der Waals surface area (Å²) >= 11 is 0. The van der Waals surface area contributed by atoms with Gasteiger partial charge in [0.25, 0.3) is 5.91 Å². The molecule has 4 rings (SSSR count). The third kappa shape index (κ3) is 5.49. The van der Waals surface area contributed by atoms with Crippen LogP contribution in [0, 0.1) is 12.3 Å². The van der Waals surface area contributed by atoms with Crippen molar-refractivity contribution in [3.05, 3.63) is 53.1 Å². The molecule has 0 saturated heterocycles. The Balaban J connectivity index is 1.84. The fourth-order valence-electron chi connectivity index (χ4n) is 4.78. The molecule has 204 valence electrons. The van der Waals surface area contributed by atoms with Crippen LogP contribution in [-0.4, -0.2) is 46.1 Å². The van der Waals surface area contributed by atoms with Crippen molar-refractivity contribution in [2.75, 3.05) is 24.2 Å². The summed E-state index contributed by atoms with van der Waals surface area (Å²) < 4.78 is 39.8. The molecule has 0 fully saturated rings. The van der Waals surface area contributed by atoms with Crippen molar-refractivity contribution in [1.82, 2.24) is 5.32 Å². The third-order valence-corrected chi connectivity index (χ3v) is 8.15. The van der Waals surface area contributed by atoms with Crippen molar-refractivity contribution in [3.63, 3.8) is 0 Å². The van der Waals surface area contributed by atoms with Gasteiger partial charge in [0.05, 0.1) is 36.3 Å². The van der Waals surface area contributed by atoms with E-state index in [-0.39, 0.29) is 24.7 Å². The molecule has 8 nitrogen and oxygen atoms in total. The van der Waals surface area contributed by atoms with Gasteiger partial charge in [-0.3, -0.25) is 13.9 Å². The van der Waals surface area contributed by atoms with E-state index in [9.17, 15) is 18.0 Å². The lowest BCUT2D eigenvalue weighted by Gasteiger charge is -2.25. The molecule has 1 aliphatic heterocycles. The molecule has 0 aliphatic carbocycles. The quantitative estimate of drug-likeness (QED) is 0.449. The van der Waals surface area contributed by atoms with Crippen LogP contribution in [0.4, 0.5) is 5.69 Å². The average molecular weight is 541 g/mol. The van der Waals surface area contributed by atoms with Crippen LogP contribution in [0.5, 0.6) is 0 Å². The third-order valence-electron chi connectivity index (χ3n) is 7.01. The Morgan fingerprint density at radius 2 is 1.79 bits per heavy atom. The molecule has 0 saturated carbocycles. The van der Waals surface area contributed by atoms with Gasteiger partial charge in [-0.15, -0.1) is 0 Å². The number of nitrogens with one attached hydrogen (secondary N) is 1. The molecule has 2 aromatic carbocycles. The molecule has 1 N–H and O–H groups in total. The maximum Gasteiger partial charge on any atom is 0.255 e. The van der Waals surface area contributed by atoms with Crippen molar-refractivity contribution in [3.8, 4) is 11.3 Å². The van der Waals surface area contributed by atoms with Crippen LogP contribution in [0.25, 0.3) is 22.3 Å². The number of sulfonamides is 1. The lowest BCUT2D eigenvalue weighted by Crippen LogP contribution is -2.37. The first-order valence-corrected chi connectivity index (χ1v) is 14.6. The summed E-state index contributed by atoms with van der Waals surface area (Å²) in [7, 11) is -2.13. The highest BCUT2D eigenvalue weighted by Gasteiger charge is 2.34. The number of anilines is 1. The zero-order valence-corrected chi connectivity index (χ0v) is 23.9. The number of furan rings is 1. The maximum absolute atomic E-state index is 13.0. The first-order chi connectivity index (χ1) is 17.7. The summed E-state index contributed by atoms with van der Waals surface area (Å²) in [5, 5.41) is 3.27. The zero-order chi connectivity index (χ0) is 28.0. The number of benzene rings is 2. The van der Waals surface area contributed by atoms with Crippen molar-refractivity contribution < 1.29 is 27.2 Å². The zero-order valence-electron chi connectivity index (χ0n) is 23.0. The normalized spacial score (nSPS) is 18.2. The van der Waals surface area contributed by atoms with Crippen LogP contribution >= 0.6 is 0 Å². The number of amides is 1. The monoisotopic (exact) mass is 540 g/mol. The SMILES string of the molecule is CNC(=O)c1c(-c2ccc(C)cc2)oc2cc3c(cc12)[C@H](C)O[C@H](CCC(=O)C(C)(C)C)CN3S(C)(=O)=O. The van der Waals surface area contributed by atoms with Crippen molar-refractivity contribution >= 4 is 38.4 Å². The first kappa shape index (κ1) is 27.9. The summed E-state index contributed by atoms with van der Waals surface area (Å²) in [6, 6.07) is 11.1. The molecule has 0 bridgehead atoms. The van der Waals surface area contributed by atoms with Gasteiger partial charge in [0.15, 0.2) is 0 Å². The summed E-state index contributed by atoms with van der Waals surface area (Å²) in [6.07, 6.45) is 0.886. The van der Waals surface area contributed by atoms with Crippen LogP contribution in [0.3, 0.4) is 0 Å². The highest BCUT2D eigenvalue weighted by molar-refractivity contribution is 7.92. The number of carbonyl (C=O) groups excluding carboxylic acids is 2. The molecule has 9 heteroatoms. The largest absolute Gasteiger partial charge is 0.455 e. The number of ketones is 1. The van der Waals surface area contributed by atoms with E-state index in [0.29, 0.717) is 40.0 Å². The van der Waals surface area contributed by atoms with Crippen molar-refractivity contribution in [2.45, 2.75) is 59.7 Å². The highest BCUT2D eigenvalue weighted by Crippen LogP contribution is 2.42. The second-order valence-electron chi connectivity index (χ2n) is 11.1. The van der Waals surface area contributed by atoms with Crippen LogP contribution in [0.1, 0.15) is 68.1 Å². The Morgan fingerprint density at radius 1 is 1.13 bits per heavy atom. The molecule has 1 aromatic heterocycles. The number of aryl methyl sites for hydroxylation is 1. The van der Waals surface area contributed by atoms with Crippen LogP contribution in [0.15, 0.2) is 40.8 Å². The van der Waals surface area contributed by atoms with Crippen LogP contribution in [0.2, 0.25) is 0 Å². The van der Waals surface area contributed by atoms with Gasteiger partial charge in [0, 0.05) is 41.5 Å². The second kappa shape index (κ2) is 10.2. The van der Waals surface area contributed by atoms with E-state index in [2.05, 4.69) is 5.32 Å². The number of nitrogens with zero attached hydrogens (tertiary/aromatic N) is 1. The molecule has 0 spiro atoms. The number of hydrogen-bond acceptors (Lipinski definition) is 6. The second-order valence-corrected chi connectivity index (χ2v) is 13.0. The van der Waals surface area contributed by atoms with E-state index < -0.39 is 27.6 Å². The van der Waals surface area contributed by atoms with Gasteiger partial charge in [0.2, 0.25) is 10.0 Å². The van der Waals surface area contributed by atoms with E-state index in [1.54, 1.807) is 19.2 Å². The minimum atomic E-state index is -3.69. The van der Waals surface area contributed by atoms with Gasteiger partial charge in [0.1, 0.15) is 17.1 Å². The standard InChI is InChI=1S/C29H36N2O6S/c1-17-8-10-19(11-9-17)27-26(28(33)30-6)22-14-21-18(2)36-20(12-13-25(32)29(3,4)5)16-31(38(7,34)35)23(21)15-24(22)37-27/h8-11,14-15,18,20H,12-13,16H2,1-7H3,(H,30,33)/t18-,20+/m0/s1. The molecular formula is C29H36N2O6S. The number of carbonyl (C=O) groups is 2. The summed E-state index contributed by atoms with van der Waals surface area (Å²) in [6.45, 7) is 9.52. The van der Waals surface area contributed by atoms with Gasteiger partial charge >= 0.3 is 0 Å². The smallest absolute Gasteiger partial charge is 0.255 e. The number of fused-ring (bicyclic) bond motifs is 2. The fraction of sp³-hybridized carbons (Fsp3) is 0.448. The fourth-order valence-corrected chi connectivity index (χ4v) is 5.73. The molecule has 2 atom stereocenters. The van der Waals surface area contributed by atoms with Crippen molar-refractivity contribution in [1.29, 1.82) is 0 Å². The Labute approximate surface area is 224 Å². The molecule has 0 unspecified atom stereocenters. The van der Waals surface area contributed by atoms with Gasteiger partial charge < -0.3 is 14.5 Å². The molecular weight excluding hydrogens is 504 g/mol. The predicted molar refractivity (Wildman–Crippen MR) is 149 cm³/mol. The van der Waals surface area contributed by atoms with Gasteiger partial charge in [-0.2, -0.15) is 0 Å². The predicted octanol–water partition coefficient (Wildman–Crippen LogP) is 5.39. The molecule has 1 aliphatic rings. The van der Waals surface area contributed by atoms with E-state index in [1.165, 1.54) is 4.31 Å². The Morgan fingerprint density at radius 3 is 2.37 bits per heavy atom. The number of ether oxygens (including phenoxy) is 1. The highest BCUT2D eigenvalue weighted by atomic mass is 32.2. The summed E-state index contributed by atoms with van der Waals surface area (Å²) in [5.74, 6) is 0.204. The Kier molecular flexibility index (Phi) is 7.47. The van der Waals surface area contributed by atoms with E-state index in [0.717, 1.165) is 17.4 Å². The minimum Gasteiger partial charge on any atom is -0.455 e. The Bertz CT molecular complexity index is 1480. The average Bonchev–Trinajstić information content (AvgIpc) is 3.14. The van der Waals surface area contributed by atoms with E-state index in [1.807, 2.05) is 58.9 Å². The van der Waals surface area contributed by atoms with Gasteiger partial charge in [-0.1, -0.05) is 50.6 Å². The number of rotatable bonds is 6. The Hall–Kier alpha value is -3.17. The molecule has 38 heavy (non-hydrogen) atoms. The van der Waals surface area contributed by atoms with Crippen molar-refractivity contribution in [2.24, 2.45) is 5.41 Å². The summed E-state index contributed by atoms with van der Waals surface area (Å²) in [4.78, 5) is 25.6. The molecule has 0 radical (unpaired) electrons.